The van der Waals surface area contributed by atoms with Crippen molar-refractivity contribution >= 4 is 0 Å². The molecule has 2 heteroatoms. The molecule has 3 N–H and O–H groups in total. The Morgan fingerprint density at radius 1 is 1.33 bits per heavy atom. The Morgan fingerprint density at radius 2 is 1.83 bits per heavy atom. The Morgan fingerprint density at radius 3 is 2.08 bits per heavy atom. The van der Waals surface area contributed by atoms with E-state index < -0.39 is 0 Å². The zero-order valence-electron chi connectivity index (χ0n) is 8.80. The Bertz CT molecular complexity index is 117. The van der Waals surface area contributed by atoms with E-state index in [1.54, 1.807) is 0 Å². The maximum absolute atomic E-state index is 9.90. The van der Waals surface area contributed by atoms with Gasteiger partial charge in [0, 0.05) is 0 Å². The molecule has 0 rings (SSSR count). The predicted octanol–water partition coefficient (Wildman–Crippen LogP) is 1.77. The molecule has 12 heavy (non-hydrogen) atoms. The lowest BCUT2D eigenvalue weighted by atomic mass is 9.79. The Balaban J connectivity index is 4.11. The largest absolute Gasteiger partial charge is 0.392 e. The van der Waals surface area contributed by atoms with Crippen molar-refractivity contribution < 1.29 is 5.11 Å². The fourth-order valence-corrected chi connectivity index (χ4v) is 1.48. The molecular formula is C10H23NO. The normalized spacial score (nSPS) is 17.5. The van der Waals surface area contributed by atoms with E-state index in [-0.39, 0.29) is 17.4 Å². The smallest absolute Gasteiger partial charge is 0.0628 e. The van der Waals surface area contributed by atoms with Crippen LogP contribution in [0.25, 0.3) is 0 Å². The summed E-state index contributed by atoms with van der Waals surface area (Å²) in [7, 11) is 0. The molecule has 0 heterocycles. The van der Waals surface area contributed by atoms with Crippen LogP contribution in [0.3, 0.4) is 0 Å². The van der Waals surface area contributed by atoms with E-state index in [9.17, 15) is 5.11 Å². The van der Waals surface area contributed by atoms with Gasteiger partial charge in [0.25, 0.3) is 0 Å². The quantitative estimate of drug-likeness (QED) is 0.680. The fourth-order valence-electron chi connectivity index (χ4n) is 1.48. The minimum absolute atomic E-state index is 0.0425. The van der Waals surface area contributed by atoms with Gasteiger partial charge in [0.1, 0.15) is 0 Å². The second-order valence-electron chi connectivity index (χ2n) is 4.60. The highest BCUT2D eigenvalue weighted by atomic mass is 16.3. The topological polar surface area (TPSA) is 46.2 Å². The SMILES string of the molecule is CCCC(CN)C(O)C(C)(C)C. The summed E-state index contributed by atoms with van der Waals surface area (Å²) in [5, 5.41) is 9.90. The van der Waals surface area contributed by atoms with Gasteiger partial charge in [-0.3, -0.25) is 0 Å². The van der Waals surface area contributed by atoms with Crippen molar-refractivity contribution in [3.8, 4) is 0 Å². The van der Waals surface area contributed by atoms with E-state index in [1.807, 2.05) is 0 Å². The molecule has 0 radical (unpaired) electrons. The molecule has 0 aliphatic heterocycles. The first-order valence-electron chi connectivity index (χ1n) is 4.81. The van der Waals surface area contributed by atoms with Gasteiger partial charge in [-0.25, -0.2) is 0 Å². The van der Waals surface area contributed by atoms with E-state index in [4.69, 9.17) is 5.73 Å². The third-order valence-corrected chi connectivity index (χ3v) is 2.30. The summed E-state index contributed by atoms with van der Waals surface area (Å²) >= 11 is 0. The van der Waals surface area contributed by atoms with Crippen molar-refractivity contribution in [1.82, 2.24) is 0 Å². The van der Waals surface area contributed by atoms with Gasteiger partial charge in [-0.2, -0.15) is 0 Å². The molecule has 0 aromatic carbocycles. The van der Waals surface area contributed by atoms with Crippen molar-refractivity contribution in [2.24, 2.45) is 17.1 Å². The monoisotopic (exact) mass is 173 g/mol. The van der Waals surface area contributed by atoms with Gasteiger partial charge in [0.15, 0.2) is 0 Å². The van der Waals surface area contributed by atoms with Gasteiger partial charge in [-0.1, -0.05) is 34.1 Å². The van der Waals surface area contributed by atoms with E-state index >= 15 is 0 Å². The molecule has 0 amide bonds. The lowest BCUT2D eigenvalue weighted by Gasteiger charge is -2.32. The first-order valence-corrected chi connectivity index (χ1v) is 4.81. The number of hydrogen-bond donors (Lipinski definition) is 2. The van der Waals surface area contributed by atoms with Crippen LogP contribution in [0, 0.1) is 11.3 Å². The van der Waals surface area contributed by atoms with Crippen LogP contribution in [0.15, 0.2) is 0 Å². The zero-order valence-corrected chi connectivity index (χ0v) is 8.80. The summed E-state index contributed by atoms with van der Waals surface area (Å²) in [4.78, 5) is 0. The van der Waals surface area contributed by atoms with Crippen LogP contribution in [0.2, 0.25) is 0 Å². The lowest BCUT2D eigenvalue weighted by Crippen LogP contribution is -2.37. The van der Waals surface area contributed by atoms with Crippen LogP contribution >= 0.6 is 0 Å². The molecular weight excluding hydrogens is 150 g/mol. The molecule has 0 saturated carbocycles. The van der Waals surface area contributed by atoms with E-state index in [0.29, 0.717) is 6.54 Å². The van der Waals surface area contributed by atoms with Gasteiger partial charge in [-0.05, 0) is 24.3 Å². The van der Waals surface area contributed by atoms with Crippen LogP contribution < -0.4 is 5.73 Å². The molecule has 0 aromatic rings. The van der Waals surface area contributed by atoms with Gasteiger partial charge in [0.05, 0.1) is 6.10 Å². The molecule has 0 aliphatic rings. The summed E-state index contributed by atoms with van der Waals surface area (Å²) in [6, 6.07) is 0. The molecule has 0 aromatic heterocycles. The lowest BCUT2D eigenvalue weighted by molar-refractivity contribution is 0.0114. The first kappa shape index (κ1) is 11.9. The van der Waals surface area contributed by atoms with Gasteiger partial charge in [0.2, 0.25) is 0 Å². The standard InChI is InChI=1S/C10H23NO/c1-5-6-8(7-11)9(12)10(2,3)4/h8-9,12H,5-7,11H2,1-4H3. The fraction of sp³-hybridized carbons (Fsp3) is 1.00. The average molecular weight is 173 g/mol. The minimum Gasteiger partial charge on any atom is -0.392 e. The van der Waals surface area contributed by atoms with Crippen LogP contribution in [0.5, 0.6) is 0 Å². The van der Waals surface area contributed by atoms with Crippen molar-refractivity contribution in [2.45, 2.75) is 46.6 Å². The van der Waals surface area contributed by atoms with Gasteiger partial charge >= 0.3 is 0 Å². The molecule has 2 unspecified atom stereocenters. The predicted molar refractivity (Wildman–Crippen MR) is 52.9 cm³/mol. The van der Waals surface area contributed by atoms with E-state index in [1.165, 1.54) is 0 Å². The van der Waals surface area contributed by atoms with Crippen LogP contribution in [-0.4, -0.2) is 17.8 Å². The first-order chi connectivity index (χ1) is 5.43. The van der Waals surface area contributed by atoms with Crippen LogP contribution in [0.4, 0.5) is 0 Å². The van der Waals surface area contributed by atoms with E-state index in [2.05, 4.69) is 27.7 Å². The number of aliphatic hydroxyl groups is 1. The molecule has 2 atom stereocenters. The Kier molecular flexibility index (Phi) is 4.80. The molecule has 74 valence electrons. The molecule has 0 fully saturated rings. The Hall–Kier alpha value is -0.0800. The number of nitrogens with two attached hydrogens (primary N) is 1. The zero-order chi connectivity index (χ0) is 9.78. The molecule has 0 saturated heterocycles. The van der Waals surface area contributed by atoms with Crippen LogP contribution in [-0.2, 0) is 0 Å². The third kappa shape index (κ3) is 3.55. The average Bonchev–Trinajstić information content (AvgIpc) is 1.97. The summed E-state index contributed by atoms with van der Waals surface area (Å²) < 4.78 is 0. The summed E-state index contributed by atoms with van der Waals surface area (Å²) in [6.45, 7) is 8.87. The van der Waals surface area contributed by atoms with Crippen molar-refractivity contribution in [3.05, 3.63) is 0 Å². The van der Waals surface area contributed by atoms with Gasteiger partial charge < -0.3 is 10.8 Å². The van der Waals surface area contributed by atoms with Crippen molar-refractivity contribution in [1.29, 1.82) is 0 Å². The highest BCUT2D eigenvalue weighted by molar-refractivity contribution is 4.80. The second kappa shape index (κ2) is 4.83. The Labute approximate surface area is 76.2 Å². The number of rotatable bonds is 4. The number of hydrogen-bond acceptors (Lipinski definition) is 2. The highest BCUT2D eigenvalue weighted by Gasteiger charge is 2.28. The van der Waals surface area contributed by atoms with Crippen molar-refractivity contribution in [2.75, 3.05) is 6.54 Å². The van der Waals surface area contributed by atoms with E-state index in [0.717, 1.165) is 12.8 Å². The minimum atomic E-state index is -0.276. The molecule has 2 nitrogen and oxygen atoms in total. The van der Waals surface area contributed by atoms with Crippen molar-refractivity contribution in [3.63, 3.8) is 0 Å². The second-order valence-corrected chi connectivity index (χ2v) is 4.60. The highest BCUT2D eigenvalue weighted by Crippen LogP contribution is 2.27. The van der Waals surface area contributed by atoms with Gasteiger partial charge in [-0.15, -0.1) is 0 Å². The summed E-state index contributed by atoms with van der Waals surface area (Å²) in [5.74, 6) is 0.259. The number of aliphatic hydroxyl groups excluding tert-OH is 1. The summed E-state index contributed by atoms with van der Waals surface area (Å²) in [6.07, 6.45) is 1.84. The molecule has 0 spiro atoms. The maximum atomic E-state index is 9.90. The third-order valence-electron chi connectivity index (χ3n) is 2.30. The molecule has 0 aliphatic carbocycles. The van der Waals surface area contributed by atoms with Crippen LogP contribution in [0.1, 0.15) is 40.5 Å². The maximum Gasteiger partial charge on any atom is 0.0628 e. The molecule has 0 bridgehead atoms. The summed E-state index contributed by atoms with van der Waals surface area (Å²) in [5.41, 5.74) is 5.55.